The molecule has 1 aromatic heterocycles. The zero-order chi connectivity index (χ0) is 14.4. The first-order chi connectivity index (χ1) is 9.49. The van der Waals surface area contributed by atoms with E-state index in [1.165, 1.54) is 4.68 Å². The average Bonchev–Trinajstić information content (AvgIpc) is 2.94. The molecule has 8 heteroatoms. The van der Waals surface area contributed by atoms with Crippen LogP contribution >= 0.6 is 0 Å². The largest absolute Gasteiger partial charge is 0.382 e. The van der Waals surface area contributed by atoms with Gasteiger partial charge in [0.2, 0.25) is 5.82 Å². The number of fused-ring (bicyclic) bond motifs is 1. The summed E-state index contributed by atoms with van der Waals surface area (Å²) in [4.78, 5) is 9.85. The zero-order valence-corrected chi connectivity index (χ0v) is 10.3. The quantitative estimate of drug-likeness (QED) is 0.674. The zero-order valence-electron chi connectivity index (χ0n) is 10.3. The van der Waals surface area contributed by atoms with Crippen molar-refractivity contribution in [2.24, 2.45) is 0 Å². The number of aromatic nitrogens is 2. The highest BCUT2D eigenvalue weighted by molar-refractivity contribution is 5.52. The second-order valence-electron chi connectivity index (χ2n) is 4.59. The lowest BCUT2D eigenvalue weighted by Crippen LogP contribution is -2.06. The lowest BCUT2D eigenvalue weighted by molar-refractivity contribution is -0.387. The molecule has 3 rings (SSSR count). The molecule has 1 heterocycles. The van der Waals surface area contributed by atoms with E-state index in [0.29, 0.717) is 12.5 Å². The maximum atomic E-state index is 13.9. The van der Waals surface area contributed by atoms with Crippen molar-refractivity contribution in [3.63, 3.8) is 0 Å². The predicted molar refractivity (Wildman–Crippen MR) is 66.6 cm³/mol. The van der Waals surface area contributed by atoms with E-state index in [-0.39, 0.29) is 11.5 Å². The number of benzene rings is 1. The Bertz CT molecular complexity index is 727. The topological polar surface area (TPSA) is 87.0 Å². The first kappa shape index (κ1) is 12.5. The van der Waals surface area contributed by atoms with E-state index in [1.54, 1.807) is 0 Å². The van der Waals surface area contributed by atoms with Crippen molar-refractivity contribution in [1.82, 2.24) is 9.78 Å². The first-order valence-electron chi connectivity index (χ1n) is 5.99. The molecule has 2 N–H and O–H groups in total. The van der Waals surface area contributed by atoms with E-state index >= 15 is 0 Å². The van der Waals surface area contributed by atoms with Crippen molar-refractivity contribution in [2.75, 3.05) is 5.73 Å². The summed E-state index contributed by atoms with van der Waals surface area (Å²) in [5.74, 6) is -1.85. The van der Waals surface area contributed by atoms with Crippen molar-refractivity contribution in [3.8, 4) is 5.69 Å². The smallest absolute Gasteiger partial charge is 0.307 e. The van der Waals surface area contributed by atoms with Crippen molar-refractivity contribution < 1.29 is 13.7 Å². The Morgan fingerprint density at radius 2 is 2.05 bits per heavy atom. The Balaban J connectivity index is 2.23. The van der Waals surface area contributed by atoms with Gasteiger partial charge in [-0.1, -0.05) is 0 Å². The van der Waals surface area contributed by atoms with Crippen molar-refractivity contribution in [1.29, 1.82) is 0 Å². The van der Waals surface area contributed by atoms with Crippen LogP contribution < -0.4 is 5.73 Å². The fourth-order valence-corrected chi connectivity index (χ4v) is 2.49. The number of hydrogen-bond donors (Lipinski definition) is 1. The Kier molecular flexibility index (Phi) is 2.66. The van der Waals surface area contributed by atoms with Crippen LogP contribution in [-0.4, -0.2) is 14.7 Å². The third kappa shape index (κ3) is 1.72. The molecule has 6 nitrogen and oxygen atoms in total. The number of hydrogen-bond acceptors (Lipinski definition) is 4. The van der Waals surface area contributed by atoms with Gasteiger partial charge in [-0.2, -0.15) is 9.49 Å². The first-order valence-corrected chi connectivity index (χ1v) is 5.99. The molecule has 0 unspecified atom stereocenters. The molecule has 20 heavy (non-hydrogen) atoms. The van der Waals surface area contributed by atoms with E-state index in [4.69, 9.17) is 5.73 Å². The van der Waals surface area contributed by atoms with Crippen LogP contribution in [0.3, 0.4) is 0 Å². The van der Waals surface area contributed by atoms with Gasteiger partial charge < -0.3 is 5.73 Å². The monoisotopic (exact) mass is 280 g/mol. The molecule has 104 valence electrons. The molecule has 0 bridgehead atoms. The summed E-state index contributed by atoms with van der Waals surface area (Å²) in [5.41, 5.74) is 6.35. The van der Waals surface area contributed by atoms with Gasteiger partial charge in [-0.25, -0.2) is 9.07 Å². The van der Waals surface area contributed by atoms with Gasteiger partial charge >= 0.3 is 5.69 Å². The fourth-order valence-electron chi connectivity index (χ4n) is 2.49. The molecule has 1 aliphatic carbocycles. The van der Waals surface area contributed by atoms with Crippen LogP contribution in [0.4, 0.5) is 20.3 Å². The van der Waals surface area contributed by atoms with Crippen LogP contribution in [0.1, 0.15) is 17.7 Å². The lowest BCUT2D eigenvalue weighted by Gasteiger charge is -2.07. The van der Waals surface area contributed by atoms with Gasteiger partial charge in [0, 0.05) is 23.4 Å². The molecule has 0 saturated heterocycles. The number of nitro benzene ring substituents is 1. The van der Waals surface area contributed by atoms with Crippen molar-refractivity contribution in [2.45, 2.75) is 19.3 Å². The maximum Gasteiger partial charge on any atom is 0.307 e. The van der Waals surface area contributed by atoms with Gasteiger partial charge in [0.1, 0.15) is 11.5 Å². The second-order valence-corrected chi connectivity index (χ2v) is 4.59. The molecule has 0 atom stereocenters. The number of rotatable bonds is 2. The van der Waals surface area contributed by atoms with E-state index < -0.39 is 22.2 Å². The number of nitrogens with zero attached hydrogens (tertiary/aromatic N) is 3. The second kappa shape index (κ2) is 4.26. The Labute approximate surface area is 112 Å². The van der Waals surface area contributed by atoms with E-state index in [1.807, 2.05) is 0 Å². The predicted octanol–water partition coefficient (Wildman–Crippen LogP) is 2.13. The van der Waals surface area contributed by atoms with Crippen molar-refractivity contribution in [3.05, 3.63) is 45.1 Å². The Morgan fingerprint density at radius 3 is 2.75 bits per heavy atom. The summed E-state index contributed by atoms with van der Waals surface area (Å²) >= 11 is 0. The van der Waals surface area contributed by atoms with Crippen LogP contribution in [0.15, 0.2) is 12.1 Å². The summed E-state index contributed by atoms with van der Waals surface area (Å²) in [6.45, 7) is 0. The molecule has 0 aliphatic heterocycles. The number of nitrogens with two attached hydrogens (primary N) is 1. The summed E-state index contributed by atoms with van der Waals surface area (Å²) in [6, 6.07) is 1.34. The van der Waals surface area contributed by atoms with Gasteiger partial charge in [0.05, 0.1) is 4.92 Å². The molecule has 0 fully saturated rings. The van der Waals surface area contributed by atoms with Gasteiger partial charge in [-0.15, -0.1) is 0 Å². The molecular formula is C12H10F2N4O2. The number of anilines is 1. The summed E-state index contributed by atoms with van der Waals surface area (Å²) in [7, 11) is 0. The number of nitrogen functional groups attached to an aromatic ring is 1. The highest BCUT2D eigenvalue weighted by Crippen LogP contribution is 2.31. The molecule has 0 amide bonds. The summed E-state index contributed by atoms with van der Waals surface area (Å²) in [6.07, 6.45) is 2.26. The van der Waals surface area contributed by atoms with Gasteiger partial charge in [0.15, 0.2) is 5.82 Å². The fraction of sp³-hybridized carbons (Fsp3) is 0.250. The highest BCUT2D eigenvalue weighted by atomic mass is 19.1. The van der Waals surface area contributed by atoms with Crippen LogP contribution in [0.25, 0.3) is 5.69 Å². The minimum Gasteiger partial charge on any atom is -0.382 e. The molecule has 1 aromatic carbocycles. The van der Waals surface area contributed by atoms with Crippen LogP contribution in [0, 0.1) is 21.7 Å². The van der Waals surface area contributed by atoms with Gasteiger partial charge in [-0.3, -0.25) is 10.1 Å². The maximum absolute atomic E-state index is 13.9. The highest BCUT2D eigenvalue weighted by Gasteiger charge is 2.26. The third-order valence-corrected chi connectivity index (χ3v) is 3.40. The SMILES string of the molecule is Nc1nn(-c2cc([N+](=O)[O-])c(F)cc2F)c2c1CCC2. The standard InChI is InChI=1S/C12H10F2N4O2/c13-7-4-8(14)11(18(19)20)5-10(7)17-9-3-1-2-6(9)12(15)16-17/h4-5H,1-3H2,(H2,15,16). The van der Waals surface area contributed by atoms with Crippen LogP contribution in [0.5, 0.6) is 0 Å². The van der Waals surface area contributed by atoms with E-state index in [2.05, 4.69) is 5.10 Å². The third-order valence-electron chi connectivity index (χ3n) is 3.40. The Hall–Kier alpha value is -2.51. The minimum atomic E-state index is -1.21. The Morgan fingerprint density at radius 1 is 1.30 bits per heavy atom. The lowest BCUT2D eigenvalue weighted by atomic mass is 10.2. The number of nitro groups is 1. The molecule has 2 aromatic rings. The number of halogens is 2. The molecular weight excluding hydrogens is 270 g/mol. The van der Waals surface area contributed by atoms with Crippen LogP contribution in [0.2, 0.25) is 0 Å². The van der Waals surface area contributed by atoms with Crippen LogP contribution in [-0.2, 0) is 12.8 Å². The minimum absolute atomic E-state index is 0.159. The molecule has 0 saturated carbocycles. The van der Waals surface area contributed by atoms with E-state index in [0.717, 1.165) is 30.2 Å². The van der Waals surface area contributed by atoms with Gasteiger partial charge in [0.25, 0.3) is 0 Å². The van der Waals surface area contributed by atoms with Gasteiger partial charge in [-0.05, 0) is 19.3 Å². The van der Waals surface area contributed by atoms with Crippen molar-refractivity contribution >= 4 is 11.5 Å². The van der Waals surface area contributed by atoms with E-state index in [9.17, 15) is 18.9 Å². The summed E-state index contributed by atoms with van der Waals surface area (Å²) < 4.78 is 28.5. The molecule has 1 aliphatic rings. The molecule has 0 spiro atoms. The normalized spacial score (nSPS) is 13.5. The summed E-state index contributed by atoms with van der Waals surface area (Å²) in [5, 5.41) is 14.7. The average molecular weight is 280 g/mol. The molecule has 0 radical (unpaired) electrons.